The van der Waals surface area contributed by atoms with Crippen molar-refractivity contribution in [1.82, 2.24) is 5.32 Å². The van der Waals surface area contributed by atoms with Gasteiger partial charge in [0, 0.05) is 0 Å². The molecular formula is C23H30BrNO2. The van der Waals surface area contributed by atoms with Crippen molar-refractivity contribution >= 4 is 21.8 Å². The largest absolute Gasteiger partial charge is 0.483 e. The molecule has 1 unspecified atom stereocenters. The van der Waals surface area contributed by atoms with Crippen molar-refractivity contribution in [2.24, 2.45) is 0 Å². The van der Waals surface area contributed by atoms with E-state index >= 15 is 0 Å². The van der Waals surface area contributed by atoms with Crippen LogP contribution in [0.15, 0.2) is 34.8 Å². The number of hydrogen-bond donors (Lipinski definition) is 1. The highest BCUT2D eigenvalue weighted by atomic mass is 79.9. The maximum Gasteiger partial charge on any atom is 0.258 e. The molecule has 0 spiro atoms. The summed E-state index contributed by atoms with van der Waals surface area (Å²) in [5.41, 5.74) is 6.11. The summed E-state index contributed by atoms with van der Waals surface area (Å²) in [6.07, 6.45) is 0. The van der Waals surface area contributed by atoms with E-state index < -0.39 is 0 Å². The number of rotatable bonds is 5. The summed E-state index contributed by atoms with van der Waals surface area (Å²) in [6.45, 7) is 14.8. The Morgan fingerprint density at radius 2 is 1.70 bits per heavy atom. The second-order valence-electron chi connectivity index (χ2n) is 8.27. The summed E-state index contributed by atoms with van der Waals surface area (Å²) < 4.78 is 6.58. The monoisotopic (exact) mass is 431 g/mol. The number of hydrogen-bond acceptors (Lipinski definition) is 2. The predicted molar refractivity (Wildman–Crippen MR) is 116 cm³/mol. The van der Waals surface area contributed by atoms with Crippen LogP contribution in [0.3, 0.4) is 0 Å². The minimum absolute atomic E-state index is 0.0122. The minimum atomic E-state index is -0.132. The third-order valence-electron chi connectivity index (χ3n) is 4.88. The van der Waals surface area contributed by atoms with Crippen LogP contribution in [-0.4, -0.2) is 12.5 Å². The lowest BCUT2D eigenvalue weighted by atomic mass is 9.87. The van der Waals surface area contributed by atoms with Crippen molar-refractivity contribution in [1.29, 1.82) is 0 Å². The van der Waals surface area contributed by atoms with E-state index in [0.29, 0.717) is 5.75 Å². The molecule has 3 nitrogen and oxygen atoms in total. The minimum Gasteiger partial charge on any atom is -0.483 e. The Morgan fingerprint density at radius 1 is 1.07 bits per heavy atom. The molecular weight excluding hydrogens is 402 g/mol. The Bertz CT molecular complexity index is 837. The number of amides is 1. The average Bonchev–Trinajstić information content (AvgIpc) is 2.56. The third-order valence-corrected chi connectivity index (χ3v) is 5.50. The summed E-state index contributed by atoms with van der Waals surface area (Å²) in [5.74, 6) is 0.542. The molecule has 0 aliphatic rings. The van der Waals surface area contributed by atoms with E-state index in [1.165, 1.54) is 22.3 Å². The van der Waals surface area contributed by atoms with Crippen LogP contribution in [0.5, 0.6) is 5.75 Å². The van der Waals surface area contributed by atoms with Crippen molar-refractivity contribution in [3.05, 3.63) is 62.6 Å². The molecule has 2 aromatic carbocycles. The maximum absolute atomic E-state index is 12.3. The maximum atomic E-state index is 12.3. The number of carbonyl (C=O) groups is 1. The molecule has 1 amide bonds. The molecule has 0 bridgehead atoms. The fourth-order valence-electron chi connectivity index (χ4n) is 3.04. The van der Waals surface area contributed by atoms with Crippen molar-refractivity contribution in [2.75, 3.05) is 6.61 Å². The van der Waals surface area contributed by atoms with Gasteiger partial charge in [0.25, 0.3) is 5.91 Å². The molecule has 1 atom stereocenters. The molecule has 4 heteroatoms. The Hall–Kier alpha value is -1.81. The molecule has 0 aromatic heterocycles. The molecule has 0 saturated carbocycles. The fraction of sp³-hybridized carbons (Fsp3) is 0.435. The van der Waals surface area contributed by atoms with E-state index in [0.717, 1.165) is 10.0 Å². The highest BCUT2D eigenvalue weighted by molar-refractivity contribution is 9.10. The number of carbonyl (C=O) groups excluding carboxylic acids is 1. The van der Waals surface area contributed by atoms with Gasteiger partial charge in [-0.3, -0.25) is 4.79 Å². The summed E-state index contributed by atoms with van der Waals surface area (Å²) in [6, 6.07) is 10.3. The van der Waals surface area contributed by atoms with Gasteiger partial charge >= 0.3 is 0 Å². The molecule has 2 rings (SSSR count). The van der Waals surface area contributed by atoms with E-state index in [1.807, 2.05) is 25.1 Å². The van der Waals surface area contributed by atoms with Gasteiger partial charge < -0.3 is 10.1 Å². The SMILES string of the molecule is Cc1cc(C)c(C(C)NC(=O)COc2ccc(C(C)(C)C)cc2Br)cc1C. The highest BCUT2D eigenvalue weighted by Crippen LogP contribution is 2.31. The van der Waals surface area contributed by atoms with Gasteiger partial charge in [0.15, 0.2) is 6.61 Å². The first kappa shape index (κ1) is 21.5. The van der Waals surface area contributed by atoms with Crippen LogP contribution in [0.4, 0.5) is 0 Å². The van der Waals surface area contributed by atoms with Crippen molar-refractivity contribution < 1.29 is 9.53 Å². The zero-order valence-corrected chi connectivity index (χ0v) is 19.0. The van der Waals surface area contributed by atoms with E-state index in [-0.39, 0.29) is 24.0 Å². The molecule has 0 saturated heterocycles. The number of ether oxygens (including phenoxy) is 1. The Labute approximate surface area is 171 Å². The van der Waals surface area contributed by atoms with E-state index in [2.05, 4.69) is 74.9 Å². The van der Waals surface area contributed by atoms with Crippen LogP contribution in [0.2, 0.25) is 0 Å². The van der Waals surface area contributed by atoms with Crippen LogP contribution in [0.1, 0.15) is 61.6 Å². The lowest BCUT2D eigenvalue weighted by Crippen LogP contribution is -2.31. The first-order valence-corrected chi connectivity index (χ1v) is 10.1. The number of nitrogens with one attached hydrogen (secondary N) is 1. The first-order chi connectivity index (χ1) is 12.5. The van der Waals surface area contributed by atoms with Gasteiger partial charge in [0.1, 0.15) is 5.75 Å². The van der Waals surface area contributed by atoms with Gasteiger partial charge in [-0.05, 0) is 89.0 Å². The summed E-state index contributed by atoms with van der Waals surface area (Å²) in [5, 5.41) is 3.03. The number of halogens is 1. The van der Waals surface area contributed by atoms with E-state index in [4.69, 9.17) is 4.74 Å². The fourth-order valence-corrected chi connectivity index (χ4v) is 3.53. The smallest absolute Gasteiger partial charge is 0.258 e. The van der Waals surface area contributed by atoms with Crippen molar-refractivity contribution in [2.45, 2.75) is 59.9 Å². The molecule has 0 radical (unpaired) electrons. The molecule has 27 heavy (non-hydrogen) atoms. The van der Waals surface area contributed by atoms with Crippen molar-refractivity contribution in [3.8, 4) is 5.75 Å². The van der Waals surface area contributed by atoms with E-state index in [9.17, 15) is 4.79 Å². The van der Waals surface area contributed by atoms with Gasteiger partial charge in [-0.15, -0.1) is 0 Å². The molecule has 0 aliphatic heterocycles. The van der Waals surface area contributed by atoms with Crippen molar-refractivity contribution in [3.63, 3.8) is 0 Å². The van der Waals surface area contributed by atoms with Crippen LogP contribution < -0.4 is 10.1 Å². The zero-order chi connectivity index (χ0) is 20.4. The second-order valence-corrected chi connectivity index (χ2v) is 9.12. The quantitative estimate of drug-likeness (QED) is 0.636. The number of aryl methyl sites for hydroxylation is 3. The van der Waals surface area contributed by atoms with Crippen LogP contribution in [0.25, 0.3) is 0 Å². The third kappa shape index (κ3) is 5.58. The Balaban J connectivity index is 1.99. The van der Waals surface area contributed by atoms with Gasteiger partial charge in [-0.25, -0.2) is 0 Å². The second kappa shape index (κ2) is 8.47. The first-order valence-electron chi connectivity index (χ1n) is 9.29. The van der Waals surface area contributed by atoms with Gasteiger partial charge in [0.2, 0.25) is 0 Å². The molecule has 0 aliphatic carbocycles. The normalized spacial score (nSPS) is 12.6. The van der Waals surface area contributed by atoms with Gasteiger partial charge in [-0.2, -0.15) is 0 Å². The molecule has 146 valence electrons. The topological polar surface area (TPSA) is 38.3 Å². The highest BCUT2D eigenvalue weighted by Gasteiger charge is 2.17. The van der Waals surface area contributed by atoms with Crippen LogP contribution >= 0.6 is 15.9 Å². The summed E-state index contributed by atoms with van der Waals surface area (Å²) in [7, 11) is 0. The lowest BCUT2D eigenvalue weighted by Gasteiger charge is -2.21. The summed E-state index contributed by atoms with van der Waals surface area (Å²) >= 11 is 3.54. The Morgan fingerprint density at radius 3 is 2.30 bits per heavy atom. The Kier molecular flexibility index (Phi) is 6.74. The van der Waals surface area contributed by atoms with Crippen LogP contribution in [0, 0.1) is 20.8 Å². The molecule has 2 aromatic rings. The standard InChI is InChI=1S/C23H30BrNO2/c1-14-10-16(3)19(11-15(14)2)17(4)25-22(26)13-27-21-9-8-18(12-20(21)24)23(5,6)7/h8-12,17H,13H2,1-7H3,(H,25,26). The lowest BCUT2D eigenvalue weighted by molar-refractivity contribution is -0.123. The zero-order valence-electron chi connectivity index (χ0n) is 17.4. The predicted octanol–water partition coefficient (Wildman–Crippen LogP) is 5.93. The number of benzene rings is 2. The van der Waals surface area contributed by atoms with E-state index in [1.54, 1.807) is 0 Å². The molecule has 0 heterocycles. The van der Waals surface area contributed by atoms with Gasteiger partial charge in [-0.1, -0.05) is 39.0 Å². The molecule has 0 fully saturated rings. The molecule has 1 N–H and O–H groups in total. The summed E-state index contributed by atoms with van der Waals surface area (Å²) in [4.78, 5) is 12.3. The van der Waals surface area contributed by atoms with Gasteiger partial charge in [0.05, 0.1) is 10.5 Å². The average molecular weight is 432 g/mol. The van der Waals surface area contributed by atoms with Crippen LogP contribution in [-0.2, 0) is 10.2 Å².